The number of hydrogen-bond acceptors (Lipinski definition) is 10. The first kappa shape index (κ1) is 25.9. The number of aromatic amines is 1. The van der Waals surface area contributed by atoms with Gasteiger partial charge in [-0.1, -0.05) is 22.8 Å². The molecular formula is C25H25ClN6O5. The number of allylic oxidation sites excluding steroid dienone is 1. The maximum atomic E-state index is 13.4. The van der Waals surface area contributed by atoms with Crippen molar-refractivity contribution in [1.82, 2.24) is 15.1 Å². The first-order chi connectivity index (χ1) is 17.7. The Morgan fingerprint density at radius 2 is 2.11 bits per heavy atom. The maximum Gasteiger partial charge on any atom is 0.439 e. The average molecular weight is 525 g/mol. The van der Waals surface area contributed by atoms with E-state index < -0.39 is 11.8 Å². The van der Waals surface area contributed by atoms with Crippen LogP contribution in [0.15, 0.2) is 54.0 Å². The van der Waals surface area contributed by atoms with Crippen LogP contribution in [0.3, 0.4) is 0 Å². The van der Waals surface area contributed by atoms with Gasteiger partial charge in [-0.05, 0) is 44.5 Å². The summed E-state index contributed by atoms with van der Waals surface area (Å²) in [6.45, 7) is 5.51. The van der Waals surface area contributed by atoms with Crippen LogP contribution in [0.5, 0.6) is 0 Å². The van der Waals surface area contributed by atoms with Gasteiger partial charge in [-0.25, -0.2) is 9.78 Å². The zero-order chi connectivity index (χ0) is 26.7. The highest BCUT2D eigenvalue weighted by atomic mass is 35.5. The van der Waals surface area contributed by atoms with Gasteiger partial charge in [0.25, 0.3) is 0 Å². The van der Waals surface area contributed by atoms with Crippen molar-refractivity contribution in [3.8, 4) is 11.5 Å². The van der Waals surface area contributed by atoms with E-state index in [1.54, 1.807) is 25.1 Å². The fourth-order valence-corrected chi connectivity index (χ4v) is 4.09. The summed E-state index contributed by atoms with van der Waals surface area (Å²) in [7, 11) is 0. The van der Waals surface area contributed by atoms with Crippen molar-refractivity contribution in [1.29, 1.82) is 0 Å². The molecule has 0 spiro atoms. The van der Waals surface area contributed by atoms with Crippen LogP contribution in [0, 0.1) is 13.8 Å². The van der Waals surface area contributed by atoms with E-state index in [0.717, 1.165) is 5.56 Å². The van der Waals surface area contributed by atoms with Crippen LogP contribution >= 0.6 is 11.6 Å². The first-order valence-electron chi connectivity index (χ1n) is 11.3. The Hall–Kier alpha value is -4.22. The SMILES string of the molecule is Cc1cc(C(C)Nc2ccc(Cl)nc2-c2noc(=O)[nH]2)c2oc(C(C=NCCO)=CN)c(C)c(=O)c2c1. The number of halogens is 1. The minimum atomic E-state index is -0.726. The standard InChI is InChI=1S/C25H25ClN6O5/c1-12-8-16(14(3)29-18-4-5-19(26)30-20(18)24-31-25(35)37-32-24)23-17(9-12)21(34)13(2)22(36-23)15(10-27)11-28-6-7-33/h4-5,8-11,14,29,33H,6-7,27H2,1-3H3,(H,31,32,35). The average Bonchev–Trinajstić information content (AvgIpc) is 3.31. The van der Waals surface area contributed by atoms with Gasteiger partial charge in [0.1, 0.15) is 22.2 Å². The largest absolute Gasteiger partial charge is 0.455 e. The van der Waals surface area contributed by atoms with Gasteiger partial charge in [0, 0.05) is 23.5 Å². The number of benzene rings is 1. The summed E-state index contributed by atoms with van der Waals surface area (Å²) in [6.07, 6.45) is 2.77. The second-order valence-electron chi connectivity index (χ2n) is 8.34. The predicted molar refractivity (Wildman–Crippen MR) is 142 cm³/mol. The van der Waals surface area contributed by atoms with Gasteiger partial charge in [-0.3, -0.25) is 19.3 Å². The molecule has 0 fully saturated rings. The van der Waals surface area contributed by atoms with Gasteiger partial charge >= 0.3 is 5.76 Å². The van der Waals surface area contributed by atoms with Gasteiger partial charge in [0.15, 0.2) is 5.43 Å². The van der Waals surface area contributed by atoms with Gasteiger partial charge in [-0.2, -0.15) is 0 Å². The summed E-state index contributed by atoms with van der Waals surface area (Å²) in [5.74, 6) is -0.329. The Morgan fingerprint density at radius 3 is 2.78 bits per heavy atom. The summed E-state index contributed by atoms with van der Waals surface area (Å²) in [5, 5.41) is 16.7. The molecule has 1 unspecified atom stereocenters. The molecule has 3 heterocycles. The Kier molecular flexibility index (Phi) is 7.55. The summed E-state index contributed by atoms with van der Waals surface area (Å²) < 4.78 is 10.9. The molecular weight excluding hydrogens is 500 g/mol. The summed E-state index contributed by atoms with van der Waals surface area (Å²) in [6, 6.07) is 6.59. The van der Waals surface area contributed by atoms with Crippen molar-refractivity contribution < 1.29 is 14.0 Å². The van der Waals surface area contributed by atoms with E-state index in [-0.39, 0.29) is 41.0 Å². The van der Waals surface area contributed by atoms with Crippen LogP contribution in [0.4, 0.5) is 5.69 Å². The highest BCUT2D eigenvalue weighted by Gasteiger charge is 2.21. The lowest BCUT2D eigenvalue weighted by molar-refractivity contribution is 0.307. The number of anilines is 1. The normalized spacial score (nSPS) is 12.9. The van der Waals surface area contributed by atoms with E-state index in [1.165, 1.54) is 12.4 Å². The fourth-order valence-electron chi connectivity index (χ4n) is 3.94. The van der Waals surface area contributed by atoms with Crippen molar-refractivity contribution in [3.63, 3.8) is 0 Å². The van der Waals surface area contributed by atoms with Crippen LogP contribution in [-0.4, -0.2) is 39.6 Å². The Bertz CT molecular complexity index is 1640. The van der Waals surface area contributed by atoms with Gasteiger partial charge in [-0.15, -0.1) is 0 Å². The Labute approximate surface area is 215 Å². The zero-order valence-electron chi connectivity index (χ0n) is 20.3. The molecule has 192 valence electrons. The predicted octanol–water partition coefficient (Wildman–Crippen LogP) is 3.34. The molecule has 0 saturated carbocycles. The smallest absolute Gasteiger partial charge is 0.439 e. The molecule has 11 nitrogen and oxygen atoms in total. The molecule has 4 rings (SSSR count). The second kappa shape index (κ2) is 10.8. The first-order valence-corrected chi connectivity index (χ1v) is 11.7. The number of H-pyrrole nitrogens is 1. The molecule has 0 aliphatic heterocycles. The quantitative estimate of drug-likeness (QED) is 0.199. The van der Waals surface area contributed by atoms with Gasteiger partial charge in [0.05, 0.1) is 35.8 Å². The van der Waals surface area contributed by atoms with Crippen LogP contribution < -0.4 is 22.2 Å². The number of aliphatic hydroxyl groups excluding tert-OH is 1. The molecule has 1 atom stereocenters. The van der Waals surface area contributed by atoms with E-state index in [4.69, 9.17) is 26.9 Å². The number of aliphatic imine (C=N–C) groups is 1. The van der Waals surface area contributed by atoms with Crippen LogP contribution in [0.25, 0.3) is 28.1 Å². The molecule has 0 aliphatic carbocycles. The molecule has 5 N–H and O–H groups in total. The lowest BCUT2D eigenvalue weighted by Crippen LogP contribution is -2.14. The molecule has 0 amide bonds. The third kappa shape index (κ3) is 5.32. The number of nitrogens with zero attached hydrogens (tertiary/aromatic N) is 3. The molecule has 0 bridgehead atoms. The van der Waals surface area contributed by atoms with Crippen molar-refractivity contribution in [2.45, 2.75) is 26.8 Å². The highest BCUT2D eigenvalue weighted by Crippen LogP contribution is 2.33. The monoisotopic (exact) mass is 524 g/mol. The summed E-state index contributed by atoms with van der Waals surface area (Å²) >= 11 is 6.09. The topological polar surface area (TPSA) is 173 Å². The lowest BCUT2D eigenvalue weighted by atomic mass is 9.99. The number of hydrogen-bond donors (Lipinski definition) is 4. The number of nitrogens with two attached hydrogens (primary N) is 1. The van der Waals surface area contributed by atoms with Crippen molar-refractivity contribution in [2.24, 2.45) is 10.7 Å². The van der Waals surface area contributed by atoms with E-state index in [1.807, 2.05) is 19.9 Å². The van der Waals surface area contributed by atoms with Crippen molar-refractivity contribution in [2.75, 3.05) is 18.5 Å². The molecule has 12 heteroatoms. The number of aromatic nitrogens is 3. The minimum absolute atomic E-state index is 0.112. The van der Waals surface area contributed by atoms with Crippen molar-refractivity contribution >= 4 is 40.0 Å². The van der Waals surface area contributed by atoms with E-state index in [9.17, 15) is 9.59 Å². The Balaban J connectivity index is 1.84. The van der Waals surface area contributed by atoms with E-state index in [0.29, 0.717) is 33.4 Å². The van der Waals surface area contributed by atoms with Crippen LogP contribution in [-0.2, 0) is 0 Å². The van der Waals surface area contributed by atoms with Gasteiger partial charge < -0.3 is 20.6 Å². The zero-order valence-corrected chi connectivity index (χ0v) is 21.1. The number of aliphatic hydroxyl groups is 1. The Morgan fingerprint density at radius 1 is 1.32 bits per heavy atom. The number of nitrogens with one attached hydrogen (secondary N) is 2. The van der Waals surface area contributed by atoms with Gasteiger partial charge in [0.2, 0.25) is 5.82 Å². The number of rotatable bonds is 8. The van der Waals surface area contributed by atoms with E-state index >= 15 is 0 Å². The fraction of sp³-hybridized carbons (Fsp3) is 0.240. The maximum absolute atomic E-state index is 13.4. The molecule has 0 aliphatic rings. The second-order valence-corrected chi connectivity index (χ2v) is 8.72. The molecule has 37 heavy (non-hydrogen) atoms. The van der Waals surface area contributed by atoms with Crippen LogP contribution in [0.2, 0.25) is 5.15 Å². The molecule has 1 aromatic carbocycles. The minimum Gasteiger partial charge on any atom is -0.455 e. The number of pyridine rings is 1. The number of aryl methyl sites for hydroxylation is 1. The summed E-state index contributed by atoms with van der Waals surface area (Å²) in [5.41, 5.74) is 9.16. The van der Waals surface area contributed by atoms with E-state index in [2.05, 4.69) is 30.0 Å². The third-order valence-corrected chi connectivity index (χ3v) is 5.87. The van der Waals surface area contributed by atoms with Crippen LogP contribution in [0.1, 0.15) is 35.4 Å². The third-order valence-electron chi connectivity index (χ3n) is 5.66. The molecule has 3 aromatic heterocycles. The molecule has 0 radical (unpaired) electrons. The molecule has 4 aromatic rings. The summed E-state index contributed by atoms with van der Waals surface area (Å²) in [4.78, 5) is 35.7. The number of fused-ring (bicyclic) bond motifs is 1. The highest BCUT2D eigenvalue weighted by molar-refractivity contribution is 6.29. The molecule has 0 saturated heterocycles. The van der Waals surface area contributed by atoms with Crippen molar-refractivity contribution in [3.05, 3.63) is 78.8 Å². The lowest BCUT2D eigenvalue weighted by Gasteiger charge is -2.20.